The number of aromatic amines is 1. The van der Waals surface area contributed by atoms with Gasteiger partial charge in [-0.15, -0.1) is 0 Å². The van der Waals surface area contributed by atoms with Crippen LogP contribution in [0.2, 0.25) is 0 Å². The van der Waals surface area contributed by atoms with E-state index < -0.39 is 16.0 Å². The fourth-order valence-corrected chi connectivity index (χ4v) is 3.79. The van der Waals surface area contributed by atoms with E-state index in [-0.39, 0.29) is 30.3 Å². The Morgan fingerprint density at radius 2 is 1.93 bits per heavy atom. The van der Waals surface area contributed by atoms with Crippen LogP contribution in [0.5, 0.6) is 0 Å². The van der Waals surface area contributed by atoms with Crippen LogP contribution in [0, 0.1) is 5.82 Å². The van der Waals surface area contributed by atoms with Crippen molar-refractivity contribution in [1.82, 2.24) is 9.71 Å². The van der Waals surface area contributed by atoms with Crippen LogP contribution in [-0.4, -0.2) is 32.5 Å². The smallest absolute Gasteiger partial charge is 0.307 e. The molecule has 0 unspecified atom stereocenters. The third-order valence-electron chi connectivity index (χ3n) is 4.05. The average molecular weight is 390 g/mol. The van der Waals surface area contributed by atoms with Gasteiger partial charge in [0.05, 0.1) is 17.9 Å². The molecule has 6 nitrogen and oxygen atoms in total. The number of aromatic nitrogens is 1. The SMILES string of the molecule is CCOC(=O)CCNS(=O)(=O)c1ccc(-c2c[nH]c3cc(F)ccc23)cc1. The first-order chi connectivity index (χ1) is 12.9. The predicted molar refractivity (Wildman–Crippen MR) is 100 cm³/mol. The number of carbonyl (C=O) groups is 1. The molecule has 0 aliphatic rings. The lowest BCUT2D eigenvalue weighted by molar-refractivity contribution is -0.142. The summed E-state index contributed by atoms with van der Waals surface area (Å²) in [5.74, 6) is -0.780. The topological polar surface area (TPSA) is 88.3 Å². The van der Waals surface area contributed by atoms with Crippen molar-refractivity contribution in [3.8, 4) is 11.1 Å². The normalized spacial score (nSPS) is 11.6. The van der Waals surface area contributed by atoms with E-state index in [1.165, 1.54) is 24.3 Å². The Bertz CT molecular complexity index is 1060. The van der Waals surface area contributed by atoms with E-state index in [9.17, 15) is 17.6 Å². The van der Waals surface area contributed by atoms with Gasteiger partial charge in [0.1, 0.15) is 5.82 Å². The fourth-order valence-electron chi connectivity index (χ4n) is 2.75. The lowest BCUT2D eigenvalue weighted by Crippen LogP contribution is -2.26. The van der Waals surface area contributed by atoms with Crippen LogP contribution in [0.4, 0.5) is 4.39 Å². The predicted octanol–water partition coefficient (Wildman–Crippen LogP) is 3.21. The maximum atomic E-state index is 13.3. The highest BCUT2D eigenvalue weighted by molar-refractivity contribution is 7.89. The van der Waals surface area contributed by atoms with Crippen LogP contribution >= 0.6 is 0 Å². The molecule has 2 aromatic carbocycles. The molecule has 0 amide bonds. The molecule has 0 aliphatic heterocycles. The zero-order valence-corrected chi connectivity index (χ0v) is 15.5. The van der Waals surface area contributed by atoms with Crippen molar-refractivity contribution in [2.45, 2.75) is 18.2 Å². The van der Waals surface area contributed by atoms with Crippen LogP contribution in [0.15, 0.2) is 53.6 Å². The molecule has 1 aromatic heterocycles. The molecule has 3 rings (SSSR count). The van der Waals surface area contributed by atoms with Gasteiger partial charge in [-0.2, -0.15) is 0 Å². The number of carbonyl (C=O) groups excluding carboxylic acids is 1. The number of fused-ring (bicyclic) bond motifs is 1. The van der Waals surface area contributed by atoms with Gasteiger partial charge in [-0.25, -0.2) is 17.5 Å². The summed E-state index contributed by atoms with van der Waals surface area (Å²) < 4.78 is 45.1. The minimum absolute atomic E-state index is 0.0307. The third-order valence-corrected chi connectivity index (χ3v) is 5.52. The molecule has 0 bridgehead atoms. The number of hydrogen-bond acceptors (Lipinski definition) is 4. The molecule has 142 valence electrons. The van der Waals surface area contributed by atoms with Crippen LogP contribution in [0.25, 0.3) is 22.0 Å². The second-order valence-electron chi connectivity index (χ2n) is 5.87. The number of sulfonamides is 1. The van der Waals surface area contributed by atoms with Crippen LogP contribution in [-0.2, 0) is 19.6 Å². The quantitative estimate of drug-likeness (QED) is 0.607. The maximum absolute atomic E-state index is 13.3. The minimum atomic E-state index is -3.72. The molecular formula is C19H19FN2O4S. The van der Waals surface area contributed by atoms with Crippen molar-refractivity contribution in [3.63, 3.8) is 0 Å². The summed E-state index contributed by atoms with van der Waals surface area (Å²) >= 11 is 0. The lowest BCUT2D eigenvalue weighted by Gasteiger charge is -2.07. The first-order valence-corrected chi connectivity index (χ1v) is 9.91. The number of H-pyrrole nitrogens is 1. The lowest BCUT2D eigenvalue weighted by atomic mass is 10.1. The van der Waals surface area contributed by atoms with Gasteiger partial charge in [0, 0.05) is 29.2 Å². The highest BCUT2D eigenvalue weighted by Crippen LogP contribution is 2.29. The van der Waals surface area contributed by atoms with Gasteiger partial charge in [0.2, 0.25) is 10.0 Å². The molecule has 0 saturated carbocycles. The number of nitrogens with one attached hydrogen (secondary N) is 2. The number of rotatable bonds is 7. The molecule has 3 aromatic rings. The monoisotopic (exact) mass is 390 g/mol. The third kappa shape index (κ3) is 4.35. The summed E-state index contributed by atoms with van der Waals surface area (Å²) in [5.41, 5.74) is 2.32. The van der Waals surface area contributed by atoms with Crippen LogP contribution in [0.3, 0.4) is 0 Å². The highest BCUT2D eigenvalue weighted by Gasteiger charge is 2.15. The van der Waals surface area contributed by atoms with Gasteiger partial charge in [0.15, 0.2) is 0 Å². The summed E-state index contributed by atoms with van der Waals surface area (Å²) in [5, 5.41) is 0.847. The van der Waals surface area contributed by atoms with E-state index in [2.05, 4.69) is 9.71 Å². The van der Waals surface area contributed by atoms with Crippen molar-refractivity contribution in [2.24, 2.45) is 0 Å². The van der Waals surface area contributed by atoms with E-state index in [1.54, 1.807) is 31.3 Å². The molecule has 0 spiro atoms. The van der Waals surface area contributed by atoms with E-state index in [4.69, 9.17) is 4.74 Å². The van der Waals surface area contributed by atoms with Gasteiger partial charge in [-0.1, -0.05) is 12.1 Å². The maximum Gasteiger partial charge on any atom is 0.307 e. The van der Waals surface area contributed by atoms with Crippen molar-refractivity contribution in [2.75, 3.05) is 13.2 Å². The molecule has 2 N–H and O–H groups in total. The van der Waals surface area contributed by atoms with Crippen molar-refractivity contribution in [1.29, 1.82) is 0 Å². The van der Waals surface area contributed by atoms with Gasteiger partial charge in [-0.05, 0) is 42.8 Å². The summed E-state index contributed by atoms with van der Waals surface area (Å²) in [6.07, 6.45) is 1.72. The zero-order chi connectivity index (χ0) is 19.4. The van der Waals surface area contributed by atoms with Gasteiger partial charge in [0.25, 0.3) is 0 Å². The molecular weight excluding hydrogens is 371 g/mol. The summed E-state index contributed by atoms with van der Waals surface area (Å²) in [7, 11) is -3.72. The van der Waals surface area contributed by atoms with Crippen molar-refractivity contribution >= 4 is 26.9 Å². The Balaban J connectivity index is 1.75. The first kappa shape index (κ1) is 19.1. The van der Waals surface area contributed by atoms with Crippen LogP contribution in [0.1, 0.15) is 13.3 Å². The Morgan fingerprint density at radius 1 is 1.19 bits per heavy atom. The van der Waals surface area contributed by atoms with E-state index >= 15 is 0 Å². The number of hydrogen-bond donors (Lipinski definition) is 2. The standard InChI is InChI=1S/C19H19FN2O4S/c1-2-26-19(23)9-10-22-27(24,25)15-6-3-13(4-7-15)17-12-21-18-11-14(20)5-8-16(17)18/h3-8,11-12,21-22H,2,9-10H2,1H3. The molecule has 0 fully saturated rings. The number of esters is 1. The number of halogens is 1. The second-order valence-corrected chi connectivity index (χ2v) is 7.64. The minimum Gasteiger partial charge on any atom is -0.466 e. The molecule has 0 saturated heterocycles. The molecule has 1 heterocycles. The molecule has 0 radical (unpaired) electrons. The fraction of sp³-hybridized carbons (Fsp3) is 0.211. The summed E-state index contributed by atoms with van der Waals surface area (Å²) in [6, 6.07) is 10.8. The Kier molecular flexibility index (Phi) is 5.57. The number of ether oxygens (including phenoxy) is 1. The molecule has 0 aliphatic carbocycles. The molecule has 8 heteroatoms. The average Bonchev–Trinajstić information content (AvgIpc) is 3.05. The van der Waals surface area contributed by atoms with E-state index in [1.807, 2.05) is 0 Å². The van der Waals surface area contributed by atoms with E-state index in [0.717, 1.165) is 16.5 Å². The number of benzene rings is 2. The van der Waals surface area contributed by atoms with Crippen LogP contribution < -0.4 is 4.72 Å². The molecule has 0 atom stereocenters. The van der Waals surface area contributed by atoms with Crippen molar-refractivity contribution in [3.05, 3.63) is 54.5 Å². The zero-order valence-electron chi connectivity index (χ0n) is 14.7. The van der Waals surface area contributed by atoms with Crippen molar-refractivity contribution < 1.29 is 22.3 Å². The molecule has 27 heavy (non-hydrogen) atoms. The largest absolute Gasteiger partial charge is 0.466 e. The Labute approximate surface area is 156 Å². The van der Waals surface area contributed by atoms with Gasteiger partial charge in [-0.3, -0.25) is 4.79 Å². The second kappa shape index (κ2) is 7.89. The summed E-state index contributed by atoms with van der Waals surface area (Å²) in [4.78, 5) is 14.4. The Hall–Kier alpha value is -2.71. The Morgan fingerprint density at radius 3 is 2.63 bits per heavy atom. The van der Waals surface area contributed by atoms with E-state index in [0.29, 0.717) is 5.52 Å². The van der Waals surface area contributed by atoms with Gasteiger partial charge >= 0.3 is 5.97 Å². The first-order valence-electron chi connectivity index (χ1n) is 8.43. The highest BCUT2D eigenvalue weighted by atomic mass is 32.2. The van der Waals surface area contributed by atoms with Gasteiger partial charge < -0.3 is 9.72 Å². The summed E-state index contributed by atoms with van der Waals surface area (Å²) in [6.45, 7) is 1.91.